The topological polar surface area (TPSA) is 50.6 Å². The maximum Gasteiger partial charge on any atom is 0.271 e. The van der Waals surface area contributed by atoms with Crippen LogP contribution >= 0.6 is 24.8 Å². The number of rotatable bonds is 6. The van der Waals surface area contributed by atoms with E-state index in [1.807, 2.05) is 0 Å². The Hall–Kier alpha value is -2.59. The molecular formula is C24H27Cl2F3N4O2. The van der Waals surface area contributed by atoms with Crippen LogP contribution in [0.1, 0.15) is 11.1 Å². The number of ether oxygens (including phenoxy) is 1. The minimum absolute atomic E-state index is 0. The fourth-order valence-corrected chi connectivity index (χ4v) is 3.84. The van der Waals surface area contributed by atoms with E-state index in [1.165, 1.54) is 30.0 Å². The molecule has 2 aromatic carbocycles. The molecule has 0 unspecified atom stereocenters. The van der Waals surface area contributed by atoms with E-state index in [4.69, 9.17) is 4.74 Å². The van der Waals surface area contributed by atoms with Gasteiger partial charge in [0.05, 0.1) is 19.3 Å². The number of aromatic nitrogens is 2. The molecule has 1 fully saturated rings. The van der Waals surface area contributed by atoms with Crippen LogP contribution in [0.4, 0.5) is 13.2 Å². The van der Waals surface area contributed by atoms with Gasteiger partial charge < -0.3 is 9.64 Å². The van der Waals surface area contributed by atoms with Crippen LogP contribution in [0.5, 0.6) is 5.75 Å². The van der Waals surface area contributed by atoms with Gasteiger partial charge >= 0.3 is 0 Å². The Morgan fingerprint density at radius 2 is 1.60 bits per heavy atom. The first-order chi connectivity index (χ1) is 15.8. The van der Waals surface area contributed by atoms with E-state index in [0.717, 1.165) is 38.3 Å². The average Bonchev–Trinajstić information content (AvgIpc) is 2.80. The van der Waals surface area contributed by atoms with Crippen molar-refractivity contribution in [2.45, 2.75) is 13.1 Å². The van der Waals surface area contributed by atoms with Crippen molar-refractivity contribution in [3.8, 4) is 17.0 Å². The fourth-order valence-electron chi connectivity index (χ4n) is 3.84. The van der Waals surface area contributed by atoms with Gasteiger partial charge in [0.1, 0.15) is 0 Å². The van der Waals surface area contributed by atoms with Gasteiger partial charge in [0.25, 0.3) is 5.56 Å². The molecule has 0 atom stereocenters. The van der Waals surface area contributed by atoms with E-state index in [2.05, 4.69) is 21.9 Å². The summed E-state index contributed by atoms with van der Waals surface area (Å²) in [5, 5.41) is 4.41. The lowest BCUT2D eigenvalue weighted by Gasteiger charge is -2.32. The minimum atomic E-state index is -0.994. The fraction of sp³-hybridized carbons (Fsp3) is 0.333. The molecule has 1 aliphatic rings. The zero-order valence-corrected chi connectivity index (χ0v) is 21.0. The van der Waals surface area contributed by atoms with Gasteiger partial charge in [0.2, 0.25) is 0 Å². The van der Waals surface area contributed by atoms with Crippen LogP contribution in [0.15, 0.2) is 47.3 Å². The predicted octanol–water partition coefficient (Wildman–Crippen LogP) is 3.98. The van der Waals surface area contributed by atoms with Crippen molar-refractivity contribution in [1.29, 1.82) is 0 Å². The first-order valence-electron chi connectivity index (χ1n) is 10.6. The summed E-state index contributed by atoms with van der Waals surface area (Å²) >= 11 is 0. The molecule has 11 heteroatoms. The van der Waals surface area contributed by atoms with Crippen molar-refractivity contribution < 1.29 is 17.9 Å². The molecule has 1 aromatic heterocycles. The highest BCUT2D eigenvalue weighted by Gasteiger charge is 2.18. The molecule has 0 amide bonds. The Labute approximate surface area is 214 Å². The van der Waals surface area contributed by atoms with Gasteiger partial charge in [-0.3, -0.25) is 9.69 Å². The summed E-state index contributed by atoms with van der Waals surface area (Å²) in [7, 11) is 3.43. The highest BCUT2D eigenvalue weighted by atomic mass is 35.5. The summed E-state index contributed by atoms with van der Waals surface area (Å²) in [5.41, 5.74) is 1.46. The Balaban J connectivity index is 0.00000216. The van der Waals surface area contributed by atoms with Crippen LogP contribution in [-0.4, -0.2) is 59.9 Å². The molecular weight excluding hydrogens is 504 g/mol. The molecule has 4 rings (SSSR count). The van der Waals surface area contributed by atoms with Crippen molar-refractivity contribution >= 4 is 24.8 Å². The molecule has 190 valence electrons. The van der Waals surface area contributed by atoms with Gasteiger partial charge in [0.15, 0.2) is 23.2 Å². The lowest BCUT2D eigenvalue weighted by Crippen LogP contribution is -2.45. The summed E-state index contributed by atoms with van der Waals surface area (Å²) in [6, 6.07) is 9.60. The lowest BCUT2D eigenvalue weighted by atomic mass is 10.1. The number of hydrogen-bond acceptors (Lipinski definition) is 5. The standard InChI is InChI=1S/C24H25F3N4O2.2ClH/c1-29-7-9-30(10-8-29)15-18-13-22(17-4-6-23(33-2)21(27)12-17)28-31(24(18)32)14-16-3-5-19(25)20(26)11-16;;/h3-6,11-13H,7-10,14-15H2,1-2H3;2*1H. The summed E-state index contributed by atoms with van der Waals surface area (Å²) < 4.78 is 47.6. The maximum atomic E-state index is 14.3. The van der Waals surface area contributed by atoms with Gasteiger partial charge in [-0.2, -0.15) is 5.10 Å². The first-order valence-corrected chi connectivity index (χ1v) is 10.6. The number of nitrogens with zero attached hydrogens (tertiary/aromatic N) is 4. The van der Waals surface area contributed by atoms with Crippen molar-refractivity contribution in [2.75, 3.05) is 40.3 Å². The molecule has 1 saturated heterocycles. The van der Waals surface area contributed by atoms with Gasteiger partial charge in [0, 0.05) is 43.9 Å². The molecule has 0 N–H and O–H groups in total. The molecule has 3 aromatic rings. The van der Waals surface area contributed by atoms with E-state index in [1.54, 1.807) is 12.1 Å². The van der Waals surface area contributed by atoms with Crippen LogP contribution in [0, 0.1) is 17.5 Å². The van der Waals surface area contributed by atoms with Crippen molar-refractivity contribution in [3.63, 3.8) is 0 Å². The average molecular weight is 531 g/mol. The number of benzene rings is 2. The Morgan fingerprint density at radius 3 is 2.23 bits per heavy atom. The van der Waals surface area contributed by atoms with Gasteiger partial charge in [-0.15, -0.1) is 24.8 Å². The monoisotopic (exact) mass is 530 g/mol. The maximum absolute atomic E-state index is 14.3. The van der Waals surface area contributed by atoms with E-state index in [9.17, 15) is 18.0 Å². The first kappa shape index (κ1) is 28.6. The van der Waals surface area contributed by atoms with Crippen molar-refractivity contribution in [2.24, 2.45) is 0 Å². The van der Waals surface area contributed by atoms with E-state index in [-0.39, 0.29) is 42.7 Å². The number of methoxy groups -OCH3 is 1. The van der Waals surface area contributed by atoms with E-state index >= 15 is 0 Å². The SMILES string of the molecule is COc1ccc(-c2cc(CN3CCN(C)CC3)c(=O)n(Cc3ccc(F)c(F)c3)n2)cc1F.Cl.Cl. The highest BCUT2D eigenvalue weighted by Crippen LogP contribution is 2.24. The third kappa shape index (κ3) is 6.76. The van der Waals surface area contributed by atoms with Gasteiger partial charge in [-0.25, -0.2) is 17.9 Å². The van der Waals surface area contributed by atoms with E-state index in [0.29, 0.717) is 28.9 Å². The number of likely N-dealkylation sites (N-methyl/N-ethyl adjacent to an activating group) is 1. The Bertz CT molecular complexity index is 1220. The number of hydrogen-bond donors (Lipinski definition) is 0. The minimum Gasteiger partial charge on any atom is -0.494 e. The molecule has 0 saturated carbocycles. The number of piperazine rings is 1. The summed E-state index contributed by atoms with van der Waals surface area (Å²) in [6.07, 6.45) is 0. The Morgan fingerprint density at radius 1 is 0.886 bits per heavy atom. The molecule has 1 aliphatic heterocycles. The lowest BCUT2D eigenvalue weighted by molar-refractivity contribution is 0.147. The van der Waals surface area contributed by atoms with Crippen LogP contribution in [0.25, 0.3) is 11.3 Å². The Kier molecular flexibility index (Phi) is 10.1. The molecule has 0 spiro atoms. The smallest absolute Gasteiger partial charge is 0.271 e. The summed E-state index contributed by atoms with van der Waals surface area (Å²) in [4.78, 5) is 17.6. The largest absolute Gasteiger partial charge is 0.494 e. The van der Waals surface area contributed by atoms with Crippen LogP contribution in [-0.2, 0) is 13.1 Å². The van der Waals surface area contributed by atoms with Gasteiger partial charge in [-0.1, -0.05) is 6.07 Å². The van der Waals surface area contributed by atoms with Crippen molar-refractivity contribution in [3.05, 3.63) is 81.4 Å². The normalized spacial score (nSPS) is 14.2. The van der Waals surface area contributed by atoms with E-state index < -0.39 is 17.5 Å². The zero-order chi connectivity index (χ0) is 23.5. The highest BCUT2D eigenvalue weighted by molar-refractivity contribution is 5.85. The van der Waals surface area contributed by atoms with Crippen molar-refractivity contribution in [1.82, 2.24) is 19.6 Å². The predicted molar refractivity (Wildman–Crippen MR) is 133 cm³/mol. The molecule has 35 heavy (non-hydrogen) atoms. The second-order valence-electron chi connectivity index (χ2n) is 8.19. The third-order valence-corrected chi connectivity index (χ3v) is 5.80. The van der Waals surface area contributed by atoms with Crippen LogP contribution in [0.3, 0.4) is 0 Å². The molecule has 0 radical (unpaired) electrons. The summed E-state index contributed by atoms with van der Waals surface area (Å²) in [5.74, 6) is -2.40. The quantitative estimate of drug-likeness (QED) is 0.482. The second kappa shape index (κ2) is 12.4. The molecule has 0 bridgehead atoms. The molecule has 2 heterocycles. The molecule has 6 nitrogen and oxygen atoms in total. The van der Waals surface area contributed by atoms with Crippen LogP contribution in [0.2, 0.25) is 0 Å². The van der Waals surface area contributed by atoms with Gasteiger partial charge in [-0.05, 0) is 49.0 Å². The summed E-state index contributed by atoms with van der Waals surface area (Å²) in [6.45, 7) is 3.79. The zero-order valence-electron chi connectivity index (χ0n) is 19.3. The third-order valence-electron chi connectivity index (χ3n) is 5.80. The number of halogens is 5. The second-order valence-corrected chi connectivity index (χ2v) is 8.19. The molecule has 0 aliphatic carbocycles. The van der Waals surface area contributed by atoms with Crippen LogP contribution < -0.4 is 10.3 Å².